The Morgan fingerprint density at radius 1 is 0.725 bits per heavy atom. The van der Waals surface area contributed by atoms with Gasteiger partial charge in [0.15, 0.2) is 0 Å². The van der Waals surface area contributed by atoms with Gasteiger partial charge in [0.25, 0.3) is 0 Å². The van der Waals surface area contributed by atoms with Crippen LogP contribution in [0.3, 0.4) is 0 Å². The maximum atomic E-state index is 12.4. The Labute approximate surface area is 232 Å². The monoisotopic (exact) mass is 550 g/mol. The van der Waals surface area contributed by atoms with Crippen molar-refractivity contribution in [2.45, 2.75) is 50.2 Å². The topological polar surface area (TPSA) is 140 Å². The van der Waals surface area contributed by atoms with E-state index in [1.807, 2.05) is 0 Å². The molecule has 0 amide bonds. The number of aliphatic hydroxyl groups is 1. The third-order valence-corrected chi connectivity index (χ3v) is 6.56. The summed E-state index contributed by atoms with van der Waals surface area (Å²) in [6.45, 7) is 0. The second-order valence-electron chi connectivity index (χ2n) is 9.36. The Bertz CT molecular complexity index is 1240. The van der Waals surface area contributed by atoms with Crippen molar-refractivity contribution >= 4 is 17.7 Å². The number of carbonyl (C=O) groups excluding carboxylic acids is 1. The van der Waals surface area contributed by atoms with Gasteiger partial charge in [0.1, 0.15) is 34.7 Å². The maximum Gasteiger partial charge on any atom is 0.303 e. The number of aliphatic carboxylic acids is 2. The van der Waals surface area contributed by atoms with Gasteiger partial charge in [-0.15, -0.1) is 0 Å². The molecule has 0 aromatic heterocycles. The minimum absolute atomic E-state index is 0.0572. The highest BCUT2D eigenvalue weighted by molar-refractivity contribution is 5.82. The Kier molecular flexibility index (Phi) is 10.7. The van der Waals surface area contributed by atoms with E-state index in [4.69, 9.17) is 24.4 Å². The molecule has 3 aromatic rings. The van der Waals surface area contributed by atoms with E-state index in [9.17, 15) is 19.5 Å². The molecule has 3 N–H and O–H groups in total. The zero-order valence-electron chi connectivity index (χ0n) is 22.5. The van der Waals surface area contributed by atoms with Crippen molar-refractivity contribution in [3.63, 3.8) is 0 Å². The normalized spacial score (nSPS) is 11.9. The van der Waals surface area contributed by atoms with Crippen molar-refractivity contribution < 1.29 is 43.9 Å². The van der Waals surface area contributed by atoms with Crippen LogP contribution in [0.4, 0.5) is 0 Å². The molecule has 0 aliphatic carbocycles. The molecule has 0 bridgehead atoms. The van der Waals surface area contributed by atoms with Crippen LogP contribution in [0.25, 0.3) is 0 Å². The lowest BCUT2D eigenvalue weighted by Crippen LogP contribution is -2.29. The van der Waals surface area contributed by atoms with Crippen LogP contribution >= 0.6 is 0 Å². The number of ketones is 1. The smallest absolute Gasteiger partial charge is 0.303 e. The Morgan fingerprint density at radius 3 is 1.77 bits per heavy atom. The number of carboxylic acids is 2. The molecule has 9 nitrogen and oxygen atoms in total. The average molecular weight is 551 g/mol. The fraction of sp³-hybridized carbons (Fsp3) is 0.323. The minimum Gasteiger partial charge on any atom is -0.497 e. The molecule has 1 atom stereocenters. The molecule has 212 valence electrons. The van der Waals surface area contributed by atoms with Crippen LogP contribution in [-0.2, 0) is 20.0 Å². The number of carbonyl (C=O) groups is 3. The summed E-state index contributed by atoms with van der Waals surface area (Å²) >= 11 is 0. The van der Waals surface area contributed by atoms with Crippen LogP contribution < -0.4 is 14.2 Å². The van der Waals surface area contributed by atoms with E-state index >= 15 is 0 Å². The molecule has 0 saturated carbocycles. The van der Waals surface area contributed by atoms with Gasteiger partial charge >= 0.3 is 11.9 Å². The van der Waals surface area contributed by atoms with Crippen molar-refractivity contribution in [3.05, 3.63) is 89.5 Å². The number of carboxylic acid groups (broad SMARTS) is 2. The van der Waals surface area contributed by atoms with E-state index in [-0.39, 0.29) is 44.3 Å². The summed E-state index contributed by atoms with van der Waals surface area (Å²) in [6.07, 6.45) is -0.651. The molecule has 1 unspecified atom stereocenters. The van der Waals surface area contributed by atoms with Gasteiger partial charge in [-0.2, -0.15) is 0 Å². The number of rotatable bonds is 16. The van der Waals surface area contributed by atoms with Gasteiger partial charge in [-0.3, -0.25) is 14.4 Å². The van der Waals surface area contributed by atoms with Crippen LogP contribution in [0.5, 0.6) is 17.2 Å². The highest BCUT2D eigenvalue weighted by Crippen LogP contribution is 2.39. The molecule has 0 fully saturated rings. The summed E-state index contributed by atoms with van der Waals surface area (Å²) < 4.78 is 16.7. The number of methoxy groups -OCH3 is 2. The molecule has 3 rings (SSSR count). The van der Waals surface area contributed by atoms with Gasteiger partial charge in [0.05, 0.1) is 20.6 Å². The SMILES string of the molecule is COc1ccc(C(O)(c2ccc(OC)cc2)c2cccc(OC(CCCC(=O)O)CC(=O)CCC(=O)O)c2)cc1. The van der Waals surface area contributed by atoms with E-state index in [1.54, 1.807) is 87.0 Å². The molecule has 0 radical (unpaired) electrons. The molecule has 0 aliphatic rings. The quantitative estimate of drug-likeness (QED) is 0.214. The lowest BCUT2D eigenvalue weighted by molar-refractivity contribution is -0.139. The lowest BCUT2D eigenvalue weighted by atomic mass is 9.80. The maximum absolute atomic E-state index is 12.4. The summed E-state index contributed by atoms with van der Waals surface area (Å²) in [6, 6.07) is 21.0. The molecule has 0 aliphatic heterocycles. The molecule has 3 aromatic carbocycles. The van der Waals surface area contributed by atoms with E-state index in [1.165, 1.54) is 0 Å². The van der Waals surface area contributed by atoms with Gasteiger partial charge in [0, 0.05) is 19.3 Å². The first-order valence-electron chi connectivity index (χ1n) is 12.9. The first-order chi connectivity index (χ1) is 19.1. The van der Waals surface area contributed by atoms with Crippen LogP contribution in [0.15, 0.2) is 72.8 Å². The lowest BCUT2D eigenvalue weighted by Gasteiger charge is -2.31. The molecule has 40 heavy (non-hydrogen) atoms. The zero-order valence-corrected chi connectivity index (χ0v) is 22.5. The first kappa shape index (κ1) is 30.2. The molecule has 0 heterocycles. The molecule has 9 heteroatoms. The molecular weight excluding hydrogens is 516 g/mol. The van der Waals surface area contributed by atoms with Gasteiger partial charge < -0.3 is 29.5 Å². The number of benzene rings is 3. The first-order valence-corrected chi connectivity index (χ1v) is 12.9. The second-order valence-corrected chi connectivity index (χ2v) is 9.36. The van der Waals surface area contributed by atoms with Crippen molar-refractivity contribution in [1.82, 2.24) is 0 Å². The fourth-order valence-corrected chi connectivity index (χ4v) is 4.44. The van der Waals surface area contributed by atoms with Gasteiger partial charge in [-0.05, 0) is 65.9 Å². The third-order valence-electron chi connectivity index (χ3n) is 6.56. The summed E-state index contributed by atoms with van der Waals surface area (Å²) in [5, 5.41) is 30.2. The number of Topliss-reactive ketones (excluding diaryl/α,β-unsaturated/α-hetero) is 1. The Hall–Kier alpha value is -4.37. The molecule has 0 saturated heterocycles. The van der Waals surface area contributed by atoms with Crippen molar-refractivity contribution in [3.8, 4) is 17.2 Å². The van der Waals surface area contributed by atoms with E-state index in [0.29, 0.717) is 33.9 Å². The van der Waals surface area contributed by atoms with Crippen LogP contribution in [-0.4, -0.2) is 53.4 Å². The van der Waals surface area contributed by atoms with E-state index in [2.05, 4.69) is 0 Å². The Balaban J connectivity index is 1.96. The van der Waals surface area contributed by atoms with Crippen molar-refractivity contribution in [1.29, 1.82) is 0 Å². The molecular formula is C31H34O9. The van der Waals surface area contributed by atoms with Crippen LogP contribution in [0.2, 0.25) is 0 Å². The highest BCUT2D eigenvalue weighted by atomic mass is 16.5. The largest absolute Gasteiger partial charge is 0.497 e. The van der Waals surface area contributed by atoms with Crippen molar-refractivity contribution in [2.75, 3.05) is 14.2 Å². The van der Waals surface area contributed by atoms with Crippen LogP contribution in [0, 0.1) is 0 Å². The van der Waals surface area contributed by atoms with E-state index < -0.39 is 23.6 Å². The predicted octanol–water partition coefficient (Wildman–Crippen LogP) is 4.81. The number of hydrogen-bond acceptors (Lipinski definition) is 7. The molecule has 0 spiro atoms. The predicted molar refractivity (Wildman–Crippen MR) is 147 cm³/mol. The average Bonchev–Trinajstić information content (AvgIpc) is 2.95. The summed E-state index contributed by atoms with van der Waals surface area (Å²) in [5.41, 5.74) is 0.0744. The summed E-state index contributed by atoms with van der Waals surface area (Å²) in [4.78, 5) is 34.3. The summed E-state index contributed by atoms with van der Waals surface area (Å²) in [7, 11) is 3.12. The zero-order chi connectivity index (χ0) is 29.1. The Morgan fingerprint density at radius 2 is 1.27 bits per heavy atom. The standard InChI is InChI=1S/C31H34O9/c1-38-25-14-9-21(10-15-25)31(37,22-11-16-26(39-2)17-12-22)23-5-3-6-27(19-23)40-28(7-4-8-29(33)34)20-24(32)13-18-30(35)36/h3,5-6,9-12,14-17,19,28,37H,4,7-8,13,18,20H2,1-2H3,(H,33,34)(H,35,36). The fourth-order valence-electron chi connectivity index (χ4n) is 4.44. The third kappa shape index (κ3) is 8.07. The van der Waals surface area contributed by atoms with Crippen molar-refractivity contribution in [2.24, 2.45) is 0 Å². The number of hydrogen-bond donors (Lipinski definition) is 3. The summed E-state index contributed by atoms with van der Waals surface area (Å²) in [5.74, 6) is -0.664. The van der Waals surface area contributed by atoms with Gasteiger partial charge in [-0.25, -0.2) is 0 Å². The highest BCUT2D eigenvalue weighted by Gasteiger charge is 2.34. The second kappa shape index (κ2) is 14.1. The number of ether oxygens (including phenoxy) is 3. The van der Waals surface area contributed by atoms with Gasteiger partial charge in [-0.1, -0.05) is 36.4 Å². The minimum atomic E-state index is -1.59. The van der Waals surface area contributed by atoms with Crippen LogP contribution in [0.1, 0.15) is 55.2 Å². The van der Waals surface area contributed by atoms with Gasteiger partial charge in [0.2, 0.25) is 0 Å². The van der Waals surface area contributed by atoms with E-state index in [0.717, 1.165) is 0 Å².